The molecular weight excluding hydrogens is 326 g/mol. The van der Waals surface area contributed by atoms with Gasteiger partial charge in [0, 0.05) is 17.1 Å². The lowest BCUT2D eigenvalue weighted by Crippen LogP contribution is -2.51. The van der Waals surface area contributed by atoms with Crippen LogP contribution in [-0.4, -0.2) is 24.6 Å². The summed E-state index contributed by atoms with van der Waals surface area (Å²) < 4.78 is 0. The van der Waals surface area contributed by atoms with Crippen LogP contribution in [0.5, 0.6) is 0 Å². The van der Waals surface area contributed by atoms with Crippen molar-refractivity contribution in [3.05, 3.63) is 0 Å². The highest BCUT2D eigenvalue weighted by Gasteiger charge is 2.64. The molecule has 0 saturated heterocycles. The van der Waals surface area contributed by atoms with E-state index in [2.05, 4.69) is 38.8 Å². The van der Waals surface area contributed by atoms with E-state index in [1.807, 2.05) is 0 Å². The number of hydrogen-bond donors (Lipinski definition) is 0. The smallest absolute Gasteiger partial charge is 0.0435 e. The second-order valence-electron chi connectivity index (χ2n) is 11.3. The van der Waals surface area contributed by atoms with Gasteiger partial charge in [-0.2, -0.15) is 6.34 Å². The standard InChI is InChI=1S/C21H35BPS/c1-19(2)17-5-6-20(19,3)18(10-17)24-23(4,22)21-11-14-7-15(12-21)9-16(8-14)13-21/h14-18H,5-13H2,1-4H3. The van der Waals surface area contributed by atoms with Gasteiger partial charge in [0.15, 0.2) is 0 Å². The maximum absolute atomic E-state index is 7.35. The molecule has 4 unspecified atom stereocenters. The van der Waals surface area contributed by atoms with Gasteiger partial charge < -0.3 is 0 Å². The monoisotopic (exact) mass is 361 g/mol. The molecule has 0 aromatic rings. The van der Waals surface area contributed by atoms with Crippen molar-refractivity contribution in [1.82, 2.24) is 0 Å². The summed E-state index contributed by atoms with van der Waals surface area (Å²) in [5.74, 6) is 4.06. The van der Waals surface area contributed by atoms with Crippen molar-refractivity contribution in [2.24, 2.45) is 34.5 Å². The van der Waals surface area contributed by atoms with Crippen molar-refractivity contribution >= 4 is 25.3 Å². The average Bonchev–Trinajstić information content (AvgIpc) is 2.78. The summed E-state index contributed by atoms with van der Waals surface area (Å²) in [5, 5.41) is 1.40. The van der Waals surface area contributed by atoms with Gasteiger partial charge in [-0.05, 0) is 104 Å². The van der Waals surface area contributed by atoms with E-state index in [1.54, 1.807) is 19.3 Å². The zero-order chi connectivity index (χ0) is 17.0. The molecule has 6 aliphatic carbocycles. The lowest BCUT2D eigenvalue weighted by molar-refractivity contribution is 0.0361. The Morgan fingerprint density at radius 2 is 1.46 bits per heavy atom. The predicted molar refractivity (Wildman–Crippen MR) is 110 cm³/mol. The molecule has 0 nitrogen and oxygen atoms in total. The minimum atomic E-state index is -1.40. The van der Waals surface area contributed by atoms with Gasteiger partial charge in [-0.15, -0.1) is 0 Å². The summed E-state index contributed by atoms with van der Waals surface area (Å²) in [6.45, 7) is 10.3. The zero-order valence-electron chi connectivity index (χ0n) is 16.2. The number of rotatable bonds is 3. The largest absolute Gasteiger partial charge is 0.290 e. The first-order valence-corrected chi connectivity index (χ1v) is 14.3. The van der Waals surface area contributed by atoms with Crippen molar-refractivity contribution in [1.29, 1.82) is 0 Å². The molecule has 0 amide bonds. The minimum absolute atomic E-state index is 0.533. The molecule has 0 spiro atoms. The molecule has 6 rings (SSSR count). The fourth-order valence-corrected chi connectivity index (χ4v) is 15.7. The molecule has 0 aliphatic heterocycles. The molecule has 6 saturated carbocycles. The highest BCUT2D eigenvalue weighted by Crippen LogP contribution is 2.84. The van der Waals surface area contributed by atoms with Gasteiger partial charge in [-0.25, -0.2) is 0 Å². The summed E-state index contributed by atoms with van der Waals surface area (Å²) in [7, 11) is 7.35. The predicted octanol–water partition coefficient (Wildman–Crippen LogP) is 6.55. The molecule has 24 heavy (non-hydrogen) atoms. The Morgan fingerprint density at radius 3 is 1.88 bits per heavy atom. The number of hydrogen-bond acceptors (Lipinski definition) is 1. The topological polar surface area (TPSA) is 0 Å². The van der Waals surface area contributed by atoms with E-state index in [0.717, 1.165) is 28.9 Å². The van der Waals surface area contributed by atoms with E-state index < -0.39 is 6.34 Å². The summed E-state index contributed by atoms with van der Waals surface area (Å²) in [6, 6.07) is 0. The maximum Gasteiger partial charge on any atom is 0.0435 e. The van der Waals surface area contributed by atoms with Crippen LogP contribution in [0.1, 0.15) is 78.6 Å². The Labute approximate surface area is 155 Å². The molecule has 6 bridgehead atoms. The van der Waals surface area contributed by atoms with Crippen LogP contribution < -0.4 is 0 Å². The normalized spacial score (nSPS) is 56.6. The molecule has 6 fully saturated rings. The van der Waals surface area contributed by atoms with Crippen LogP contribution in [0.25, 0.3) is 0 Å². The Balaban J connectivity index is 1.41. The molecule has 133 valence electrons. The SMILES string of the molecule is [B-][P+](C)(SC1CC2CCC1(C)C2(C)C)C12CC3CC(CC(C3)C1)C2. The molecule has 0 N–H and O–H groups in total. The van der Waals surface area contributed by atoms with Gasteiger partial charge >= 0.3 is 0 Å². The lowest BCUT2D eigenvalue weighted by Gasteiger charge is -2.63. The molecule has 6 aliphatic rings. The Bertz CT molecular complexity index is 521. The van der Waals surface area contributed by atoms with E-state index >= 15 is 0 Å². The molecular formula is C21H35BPS. The minimum Gasteiger partial charge on any atom is -0.290 e. The third-order valence-corrected chi connectivity index (χ3v) is 17.1. The van der Waals surface area contributed by atoms with Crippen molar-refractivity contribution in [2.75, 3.05) is 6.66 Å². The first-order valence-electron chi connectivity index (χ1n) is 10.5. The van der Waals surface area contributed by atoms with Crippen LogP contribution in [0, 0.1) is 34.5 Å². The summed E-state index contributed by atoms with van der Waals surface area (Å²) in [6.07, 6.45) is 12.1. The van der Waals surface area contributed by atoms with Crippen molar-refractivity contribution in [2.45, 2.75) is 89.0 Å². The van der Waals surface area contributed by atoms with Gasteiger partial charge in [0.2, 0.25) is 0 Å². The first kappa shape index (κ1) is 17.0. The van der Waals surface area contributed by atoms with Crippen molar-refractivity contribution in [3.8, 4) is 0 Å². The van der Waals surface area contributed by atoms with Gasteiger partial charge in [-0.1, -0.05) is 20.8 Å². The zero-order valence-corrected chi connectivity index (χ0v) is 17.9. The van der Waals surface area contributed by atoms with Crippen LogP contribution >= 0.6 is 17.7 Å². The maximum atomic E-state index is 7.35. The van der Waals surface area contributed by atoms with Crippen LogP contribution in [-0.2, 0) is 0 Å². The van der Waals surface area contributed by atoms with Gasteiger partial charge in [0.05, 0.1) is 0 Å². The summed E-state index contributed by atoms with van der Waals surface area (Å²) >= 11 is 2.35. The van der Waals surface area contributed by atoms with Gasteiger partial charge in [0.1, 0.15) is 0 Å². The highest BCUT2D eigenvalue weighted by molar-refractivity contribution is 8.69. The van der Waals surface area contributed by atoms with Crippen molar-refractivity contribution in [3.63, 3.8) is 0 Å². The van der Waals surface area contributed by atoms with E-state index in [9.17, 15) is 0 Å². The Morgan fingerprint density at radius 1 is 0.917 bits per heavy atom. The first-order chi connectivity index (χ1) is 11.2. The quantitative estimate of drug-likeness (QED) is 0.406. The van der Waals surface area contributed by atoms with Gasteiger partial charge in [-0.3, -0.25) is 7.57 Å². The van der Waals surface area contributed by atoms with E-state index in [4.69, 9.17) is 7.57 Å². The van der Waals surface area contributed by atoms with Crippen molar-refractivity contribution < 1.29 is 0 Å². The second kappa shape index (κ2) is 5.01. The van der Waals surface area contributed by atoms with E-state index in [1.165, 1.54) is 38.5 Å². The molecule has 4 atom stereocenters. The van der Waals surface area contributed by atoms with Crippen LogP contribution in [0.3, 0.4) is 0 Å². The lowest BCUT2D eigenvalue weighted by atomic mass is 9.56. The third-order valence-electron chi connectivity index (χ3n) is 10.0. The fourth-order valence-electron chi connectivity index (χ4n) is 8.27. The number of fused-ring (bicyclic) bond motifs is 2. The van der Waals surface area contributed by atoms with Crippen LogP contribution in [0.15, 0.2) is 0 Å². The van der Waals surface area contributed by atoms with E-state index in [-0.39, 0.29) is 0 Å². The van der Waals surface area contributed by atoms with Gasteiger partial charge in [0.25, 0.3) is 0 Å². The summed E-state index contributed by atoms with van der Waals surface area (Å²) in [4.78, 5) is 0. The van der Waals surface area contributed by atoms with Crippen LogP contribution in [0.4, 0.5) is 0 Å². The molecule has 0 aromatic carbocycles. The second-order valence-corrected chi connectivity index (χ2v) is 18.0. The molecule has 3 heteroatoms. The third kappa shape index (κ3) is 2.05. The van der Waals surface area contributed by atoms with E-state index in [0.29, 0.717) is 16.0 Å². The van der Waals surface area contributed by atoms with Crippen LogP contribution in [0.2, 0.25) is 0 Å². The molecule has 0 heterocycles. The Hall–Kier alpha value is 0.845. The Kier molecular flexibility index (Phi) is 3.54. The highest BCUT2D eigenvalue weighted by atomic mass is 32.7. The molecule has 0 aromatic heterocycles. The fraction of sp³-hybridized carbons (Fsp3) is 1.00. The molecule has 3 radical (unpaired) electrons. The average molecular weight is 361 g/mol. The summed E-state index contributed by atoms with van der Waals surface area (Å²) in [5.41, 5.74) is 1.07.